The maximum absolute atomic E-state index is 11.8. The van der Waals surface area contributed by atoms with Gasteiger partial charge in [0, 0.05) is 31.0 Å². The fourth-order valence-corrected chi connectivity index (χ4v) is 5.52. The summed E-state index contributed by atoms with van der Waals surface area (Å²) in [6, 6.07) is 14.5. The second-order valence-corrected chi connectivity index (χ2v) is 11.4. The topological polar surface area (TPSA) is 183 Å². The van der Waals surface area contributed by atoms with Crippen molar-refractivity contribution in [2.24, 2.45) is 0 Å². The number of rotatable bonds is 10. The quantitative estimate of drug-likeness (QED) is 0.244. The summed E-state index contributed by atoms with van der Waals surface area (Å²) in [5.41, 5.74) is 0.930. The summed E-state index contributed by atoms with van der Waals surface area (Å²) in [5, 5.41) is 6.54. The van der Waals surface area contributed by atoms with Crippen LogP contribution in [0.15, 0.2) is 60.9 Å². The van der Waals surface area contributed by atoms with Crippen LogP contribution in [0.25, 0.3) is 0 Å². The molecule has 3 aromatic rings. The first-order valence-corrected chi connectivity index (χ1v) is 13.3. The molecule has 0 saturated carbocycles. The molecule has 5 N–H and O–H groups in total. The molecule has 0 aliphatic rings. The third-order valence-corrected chi connectivity index (χ3v) is 8.89. The first-order valence-electron chi connectivity index (χ1n) is 10.1. The van der Waals surface area contributed by atoms with Crippen LogP contribution in [0, 0.1) is 0 Å². The second-order valence-electron chi connectivity index (χ2n) is 7.55. The highest BCUT2D eigenvalue weighted by Crippen LogP contribution is 2.72. The van der Waals surface area contributed by atoms with Crippen molar-refractivity contribution in [3.63, 3.8) is 0 Å². The molecule has 2 aromatic carbocycles. The number of hydrogen-bond acceptors (Lipinski definition) is 8. The molecule has 0 radical (unpaired) electrons. The van der Waals surface area contributed by atoms with Gasteiger partial charge in [-0.2, -0.15) is 0 Å². The Balaban J connectivity index is 1.98. The van der Waals surface area contributed by atoms with Crippen LogP contribution in [0.1, 0.15) is 16.7 Å². The van der Waals surface area contributed by atoms with E-state index < -0.39 is 25.8 Å². The van der Waals surface area contributed by atoms with Gasteiger partial charge in [0.05, 0.1) is 14.2 Å². The highest BCUT2D eigenvalue weighted by Gasteiger charge is 2.61. The van der Waals surface area contributed by atoms with E-state index >= 15 is 0 Å². The standard InChI is InChI=1S/C21H25N3O9P2/c1-32-18-7-3-15(4-8-18)13-24(14-16-5-9-19(33-2)10-6-16)20-22-11-17(12-23-20)21(25,34(26,27)28)35(29,30)31/h3-12,25H,13-14H2,1-2H3,(H2,26,27,28)(H2,29,30,31). The highest BCUT2D eigenvalue weighted by molar-refractivity contribution is 7.71. The predicted molar refractivity (Wildman–Crippen MR) is 126 cm³/mol. The van der Waals surface area contributed by atoms with Crippen molar-refractivity contribution in [3.05, 3.63) is 77.6 Å². The summed E-state index contributed by atoms with van der Waals surface area (Å²) in [5.74, 6) is 1.44. The Bertz CT molecular complexity index is 1150. The van der Waals surface area contributed by atoms with Crippen molar-refractivity contribution in [2.45, 2.75) is 18.2 Å². The number of benzene rings is 2. The van der Waals surface area contributed by atoms with Crippen molar-refractivity contribution in [2.75, 3.05) is 19.1 Å². The van der Waals surface area contributed by atoms with Gasteiger partial charge in [0.1, 0.15) is 11.5 Å². The molecule has 0 fully saturated rings. The molecule has 0 aliphatic heterocycles. The smallest absolute Gasteiger partial charge is 0.374 e. The normalized spacial score (nSPS) is 12.3. The third kappa shape index (κ3) is 5.88. The fourth-order valence-electron chi connectivity index (χ4n) is 3.26. The lowest BCUT2D eigenvalue weighted by molar-refractivity contribution is 0.130. The van der Waals surface area contributed by atoms with Crippen molar-refractivity contribution in [1.82, 2.24) is 9.97 Å². The van der Waals surface area contributed by atoms with Gasteiger partial charge in [0.25, 0.3) is 5.08 Å². The lowest BCUT2D eigenvalue weighted by Gasteiger charge is -2.29. The first-order chi connectivity index (χ1) is 16.4. The van der Waals surface area contributed by atoms with Crippen LogP contribution in [-0.2, 0) is 27.3 Å². The van der Waals surface area contributed by atoms with E-state index in [1.54, 1.807) is 43.4 Å². The van der Waals surface area contributed by atoms with Gasteiger partial charge in [-0.1, -0.05) is 24.3 Å². The van der Waals surface area contributed by atoms with Gasteiger partial charge in [0.2, 0.25) is 5.95 Å². The summed E-state index contributed by atoms with van der Waals surface area (Å²) in [4.78, 5) is 47.7. The Hall–Kier alpha value is -2.82. The molecule has 0 atom stereocenters. The number of hydrogen-bond donors (Lipinski definition) is 5. The molecule has 0 unspecified atom stereocenters. The number of aliphatic hydroxyl groups is 1. The Labute approximate surface area is 201 Å². The molecule has 188 valence electrons. The lowest BCUT2D eigenvalue weighted by atomic mass is 10.1. The minimum absolute atomic E-state index is 0.0964. The van der Waals surface area contributed by atoms with Gasteiger partial charge in [-0.05, 0) is 35.4 Å². The number of anilines is 1. The van der Waals surface area contributed by atoms with E-state index in [2.05, 4.69) is 9.97 Å². The zero-order valence-electron chi connectivity index (χ0n) is 18.8. The van der Waals surface area contributed by atoms with Crippen LogP contribution in [0.3, 0.4) is 0 Å². The molecule has 3 rings (SSSR count). The first kappa shape index (κ1) is 26.8. The van der Waals surface area contributed by atoms with Gasteiger partial charge in [-0.25, -0.2) is 9.97 Å². The zero-order valence-corrected chi connectivity index (χ0v) is 20.6. The molecular formula is C21H25N3O9P2. The Morgan fingerprint density at radius 3 is 1.46 bits per heavy atom. The van der Waals surface area contributed by atoms with E-state index in [0.29, 0.717) is 24.6 Å². The van der Waals surface area contributed by atoms with Crippen LogP contribution in [-0.4, -0.2) is 48.9 Å². The Morgan fingerprint density at radius 2 is 1.14 bits per heavy atom. The Morgan fingerprint density at radius 1 is 0.771 bits per heavy atom. The third-order valence-electron chi connectivity index (χ3n) is 5.19. The number of methoxy groups -OCH3 is 2. The summed E-state index contributed by atoms with van der Waals surface area (Å²) in [6.45, 7) is 0.632. The van der Waals surface area contributed by atoms with Crippen LogP contribution in [0.5, 0.6) is 11.5 Å². The molecule has 0 spiro atoms. The lowest BCUT2D eigenvalue weighted by Crippen LogP contribution is -2.28. The molecule has 0 saturated heterocycles. The van der Waals surface area contributed by atoms with E-state index in [0.717, 1.165) is 23.5 Å². The fraction of sp³-hybridized carbons (Fsp3) is 0.238. The number of nitrogens with zero attached hydrogens (tertiary/aromatic N) is 3. The van der Waals surface area contributed by atoms with Crippen LogP contribution in [0.2, 0.25) is 0 Å². The monoisotopic (exact) mass is 525 g/mol. The largest absolute Gasteiger partial charge is 0.497 e. The summed E-state index contributed by atoms with van der Waals surface area (Å²) in [6.07, 6.45) is 1.57. The predicted octanol–water partition coefficient (Wildman–Crippen LogP) is 2.16. The highest BCUT2D eigenvalue weighted by atomic mass is 31.2. The minimum atomic E-state index is -5.72. The molecule has 0 aliphatic carbocycles. The van der Waals surface area contributed by atoms with Crippen LogP contribution >= 0.6 is 15.2 Å². The van der Waals surface area contributed by atoms with Crippen LogP contribution in [0.4, 0.5) is 5.95 Å². The molecule has 14 heteroatoms. The summed E-state index contributed by atoms with van der Waals surface area (Å²) in [7, 11) is -8.34. The molecule has 35 heavy (non-hydrogen) atoms. The molecule has 12 nitrogen and oxygen atoms in total. The van der Waals surface area contributed by atoms with E-state index in [1.165, 1.54) is 0 Å². The molecule has 1 heterocycles. The second kappa shape index (κ2) is 10.4. The van der Waals surface area contributed by atoms with Gasteiger partial charge < -0.3 is 39.1 Å². The van der Waals surface area contributed by atoms with Crippen molar-refractivity contribution < 1.29 is 43.3 Å². The minimum Gasteiger partial charge on any atom is -0.497 e. The average molecular weight is 525 g/mol. The maximum atomic E-state index is 11.8. The Kier molecular flexibility index (Phi) is 7.98. The SMILES string of the molecule is COc1ccc(CN(Cc2ccc(OC)cc2)c2ncc(C(O)(P(=O)(O)O)P(=O)(O)O)cn2)cc1. The molecule has 0 amide bonds. The maximum Gasteiger partial charge on any atom is 0.374 e. The van der Waals surface area contributed by atoms with Crippen molar-refractivity contribution >= 4 is 21.1 Å². The van der Waals surface area contributed by atoms with Crippen LogP contribution < -0.4 is 14.4 Å². The van der Waals surface area contributed by atoms with E-state index in [4.69, 9.17) is 9.47 Å². The van der Waals surface area contributed by atoms with Gasteiger partial charge in [0.15, 0.2) is 0 Å². The van der Waals surface area contributed by atoms with E-state index in [1.807, 2.05) is 24.3 Å². The zero-order chi connectivity index (χ0) is 25.9. The summed E-state index contributed by atoms with van der Waals surface area (Å²) >= 11 is 0. The summed E-state index contributed by atoms with van der Waals surface area (Å²) < 4.78 is 33.9. The number of ether oxygens (including phenoxy) is 2. The molecular weight excluding hydrogens is 500 g/mol. The average Bonchev–Trinajstić information content (AvgIpc) is 2.82. The van der Waals surface area contributed by atoms with Gasteiger partial charge >= 0.3 is 15.2 Å². The molecule has 1 aromatic heterocycles. The van der Waals surface area contributed by atoms with Gasteiger partial charge in [-0.3, -0.25) is 9.13 Å². The van der Waals surface area contributed by atoms with Crippen molar-refractivity contribution in [1.29, 1.82) is 0 Å². The van der Waals surface area contributed by atoms with Crippen molar-refractivity contribution in [3.8, 4) is 11.5 Å². The van der Waals surface area contributed by atoms with Gasteiger partial charge in [-0.15, -0.1) is 0 Å². The van der Waals surface area contributed by atoms with E-state index in [-0.39, 0.29) is 5.95 Å². The number of aromatic nitrogens is 2. The van der Waals surface area contributed by atoms with E-state index in [9.17, 15) is 33.8 Å². The molecule has 0 bridgehead atoms.